The van der Waals surface area contributed by atoms with E-state index in [0.29, 0.717) is 0 Å². The summed E-state index contributed by atoms with van der Waals surface area (Å²) in [7, 11) is 0. The maximum Gasteiger partial charge on any atom is 0.0809 e. The molecule has 0 aliphatic carbocycles. The molecule has 2 heterocycles. The minimum atomic E-state index is 0.257. The van der Waals surface area contributed by atoms with Crippen molar-refractivity contribution in [2.24, 2.45) is 0 Å². The molecule has 1 atom stereocenters. The molecule has 0 aliphatic heterocycles. The molecule has 0 spiro atoms. The number of nitrogens with zero attached hydrogens (tertiary/aromatic N) is 1. The summed E-state index contributed by atoms with van der Waals surface area (Å²) in [5.41, 5.74) is 3.47. The average Bonchev–Trinajstić information content (AvgIpc) is 2.92. The lowest BCUT2D eigenvalue weighted by Crippen LogP contribution is -2.18. The Kier molecular flexibility index (Phi) is 4.01. The molecule has 3 rings (SSSR count). The molecule has 3 aromatic rings. The molecule has 2 aromatic heterocycles. The molecule has 2 nitrogen and oxygen atoms in total. The van der Waals surface area contributed by atoms with Crippen molar-refractivity contribution in [1.29, 1.82) is 0 Å². The van der Waals surface area contributed by atoms with Crippen molar-refractivity contribution in [2.75, 3.05) is 0 Å². The van der Waals surface area contributed by atoms with Crippen LogP contribution in [-0.4, -0.2) is 4.98 Å². The lowest BCUT2D eigenvalue weighted by Gasteiger charge is -2.14. The second-order valence-electron chi connectivity index (χ2n) is 4.81. The van der Waals surface area contributed by atoms with Crippen molar-refractivity contribution in [1.82, 2.24) is 10.3 Å². The lowest BCUT2D eigenvalue weighted by molar-refractivity contribution is 0.574. The van der Waals surface area contributed by atoms with Gasteiger partial charge in [-0.25, -0.2) is 0 Å². The zero-order valence-electron chi connectivity index (χ0n) is 11.1. The fourth-order valence-electron chi connectivity index (χ4n) is 2.13. The van der Waals surface area contributed by atoms with Crippen LogP contribution in [0.1, 0.15) is 24.1 Å². The van der Waals surface area contributed by atoms with E-state index in [1.807, 2.05) is 30.5 Å². The van der Waals surface area contributed by atoms with Gasteiger partial charge in [-0.15, -0.1) is 11.3 Å². The predicted molar refractivity (Wildman–Crippen MR) is 86.3 cm³/mol. The number of hydrogen-bond donors (Lipinski definition) is 1. The van der Waals surface area contributed by atoms with Gasteiger partial charge in [0.15, 0.2) is 0 Å². The highest BCUT2D eigenvalue weighted by Crippen LogP contribution is 2.23. The molecule has 0 amide bonds. The van der Waals surface area contributed by atoms with E-state index in [-0.39, 0.29) is 6.04 Å². The van der Waals surface area contributed by atoms with Gasteiger partial charge in [0.25, 0.3) is 0 Å². The number of pyridine rings is 1. The molecule has 0 radical (unpaired) electrons. The van der Waals surface area contributed by atoms with Gasteiger partial charge in [0, 0.05) is 23.8 Å². The number of hydrogen-bond acceptors (Lipinski definition) is 3. The number of nitrogens with one attached hydrogen (secondary N) is 1. The van der Waals surface area contributed by atoms with Crippen LogP contribution in [0.3, 0.4) is 0 Å². The largest absolute Gasteiger partial charge is 0.306 e. The minimum Gasteiger partial charge on any atom is -0.306 e. The van der Waals surface area contributed by atoms with Crippen molar-refractivity contribution in [3.8, 4) is 0 Å². The van der Waals surface area contributed by atoms with E-state index in [2.05, 4.69) is 34.7 Å². The number of aromatic nitrogens is 1. The molecule has 1 aromatic carbocycles. The number of benzene rings is 1. The highest BCUT2D eigenvalue weighted by Gasteiger charge is 2.07. The normalized spacial score (nSPS) is 12.7. The van der Waals surface area contributed by atoms with Crippen LogP contribution in [0, 0.1) is 0 Å². The zero-order chi connectivity index (χ0) is 13.9. The van der Waals surface area contributed by atoms with Gasteiger partial charge >= 0.3 is 0 Å². The Balaban J connectivity index is 1.70. The van der Waals surface area contributed by atoms with Crippen molar-refractivity contribution < 1.29 is 0 Å². The number of rotatable bonds is 4. The standard InChI is InChI=1S/C16H15ClN2S/c1-11(18-9-12-3-2-4-14(17)7-12)13-8-16-15(19-10-13)5-6-20-16/h2-8,10-11,18H,9H2,1H3. The van der Waals surface area contributed by atoms with Crippen molar-refractivity contribution in [3.05, 3.63) is 64.1 Å². The highest BCUT2D eigenvalue weighted by molar-refractivity contribution is 7.17. The van der Waals surface area contributed by atoms with Gasteiger partial charge in [0.1, 0.15) is 0 Å². The highest BCUT2D eigenvalue weighted by atomic mass is 35.5. The van der Waals surface area contributed by atoms with E-state index in [1.165, 1.54) is 15.8 Å². The van der Waals surface area contributed by atoms with Crippen LogP contribution >= 0.6 is 22.9 Å². The molecule has 1 N–H and O–H groups in total. The maximum absolute atomic E-state index is 5.99. The van der Waals surface area contributed by atoms with E-state index in [0.717, 1.165) is 17.1 Å². The summed E-state index contributed by atoms with van der Waals surface area (Å²) in [6.45, 7) is 2.95. The summed E-state index contributed by atoms with van der Waals surface area (Å²) >= 11 is 7.72. The second-order valence-corrected chi connectivity index (χ2v) is 6.19. The fourth-order valence-corrected chi connectivity index (χ4v) is 3.14. The quantitative estimate of drug-likeness (QED) is 0.749. The van der Waals surface area contributed by atoms with Gasteiger partial charge in [-0.1, -0.05) is 23.7 Å². The van der Waals surface area contributed by atoms with Crippen LogP contribution in [0.4, 0.5) is 0 Å². The summed E-state index contributed by atoms with van der Waals surface area (Å²) in [4.78, 5) is 4.48. The van der Waals surface area contributed by atoms with Gasteiger partial charge in [-0.2, -0.15) is 0 Å². The van der Waals surface area contributed by atoms with Crippen LogP contribution in [0.25, 0.3) is 10.2 Å². The summed E-state index contributed by atoms with van der Waals surface area (Å²) in [6, 6.07) is 12.4. The Morgan fingerprint density at radius 3 is 3.05 bits per heavy atom. The van der Waals surface area contributed by atoms with E-state index < -0.39 is 0 Å². The Morgan fingerprint density at radius 1 is 1.30 bits per heavy atom. The summed E-state index contributed by atoms with van der Waals surface area (Å²) < 4.78 is 1.24. The van der Waals surface area contributed by atoms with Crippen LogP contribution in [0.15, 0.2) is 48.0 Å². The smallest absolute Gasteiger partial charge is 0.0809 e. The van der Waals surface area contributed by atoms with Gasteiger partial charge in [-0.05, 0) is 47.7 Å². The molecule has 1 unspecified atom stereocenters. The number of halogens is 1. The topological polar surface area (TPSA) is 24.9 Å². The van der Waals surface area contributed by atoms with E-state index >= 15 is 0 Å². The molecular formula is C16H15ClN2S. The van der Waals surface area contributed by atoms with Gasteiger partial charge in [0.05, 0.1) is 10.2 Å². The molecule has 4 heteroatoms. The minimum absolute atomic E-state index is 0.257. The molecule has 20 heavy (non-hydrogen) atoms. The van der Waals surface area contributed by atoms with Crippen LogP contribution in [-0.2, 0) is 6.54 Å². The Morgan fingerprint density at radius 2 is 2.20 bits per heavy atom. The molecule has 0 saturated carbocycles. The Hall–Kier alpha value is -1.42. The van der Waals surface area contributed by atoms with Crippen molar-refractivity contribution in [2.45, 2.75) is 19.5 Å². The third-order valence-corrected chi connectivity index (χ3v) is 4.41. The predicted octanol–water partition coefficient (Wildman–Crippen LogP) is 4.80. The van der Waals surface area contributed by atoms with Crippen LogP contribution in [0.5, 0.6) is 0 Å². The Bertz CT molecular complexity index is 723. The molecular weight excluding hydrogens is 288 g/mol. The van der Waals surface area contributed by atoms with Gasteiger partial charge < -0.3 is 5.32 Å². The van der Waals surface area contributed by atoms with Crippen LogP contribution in [0.2, 0.25) is 5.02 Å². The van der Waals surface area contributed by atoms with E-state index in [4.69, 9.17) is 11.6 Å². The first-order valence-electron chi connectivity index (χ1n) is 6.53. The fraction of sp³-hybridized carbons (Fsp3) is 0.188. The van der Waals surface area contributed by atoms with E-state index in [9.17, 15) is 0 Å². The SMILES string of the molecule is CC(NCc1cccc(Cl)c1)c1cnc2ccsc2c1. The first kappa shape index (κ1) is 13.6. The third kappa shape index (κ3) is 3.01. The third-order valence-electron chi connectivity index (χ3n) is 3.33. The van der Waals surface area contributed by atoms with E-state index in [1.54, 1.807) is 11.3 Å². The summed E-state index contributed by atoms with van der Waals surface area (Å²) in [5, 5.41) is 6.36. The maximum atomic E-state index is 5.99. The lowest BCUT2D eigenvalue weighted by atomic mass is 10.1. The van der Waals surface area contributed by atoms with Crippen molar-refractivity contribution >= 4 is 33.2 Å². The second kappa shape index (κ2) is 5.92. The van der Waals surface area contributed by atoms with Gasteiger partial charge in [0.2, 0.25) is 0 Å². The van der Waals surface area contributed by atoms with Crippen molar-refractivity contribution in [3.63, 3.8) is 0 Å². The number of fused-ring (bicyclic) bond motifs is 1. The Labute approximate surface area is 127 Å². The van der Waals surface area contributed by atoms with Crippen LogP contribution < -0.4 is 5.32 Å². The molecule has 0 saturated heterocycles. The van der Waals surface area contributed by atoms with Gasteiger partial charge in [-0.3, -0.25) is 4.98 Å². The monoisotopic (exact) mass is 302 g/mol. The molecule has 0 bridgehead atoms. The number of thiophene rings is 1. The summed E-state index contributed by atoms with van der Waals surface area (Å²) in [5.74, 6) is 0. The molecule has 0 fully saturated rings. The molecule has 102 valence electrons. The average molecular weight is 303 g/mol. The first-order valence-corrected chi connectivity index (χ1v) is 7.79. The summed E-state index contributed by atoms with van der Waals surface area (Å²) in [6.07, 6.45) is 1.95. The zero-order valence-corrected chi connectivity index (χ0v) is 12.7. The first-order chi connectivity index (χ1) is 9.72. The molecule has 0 aliphatic rings.